The van der Waals surface area contributed by atoms with E-state index in [4.69, 9.17) is 0 Å². The molecule has 2 rings (SSSR count). The first-order valence-corrected chi connectivity index (χ1v) is 6.10. The van der Waals surface area contributed by atoms with Gasteiger partial charge in [-0.2, -0.15) is 5.10 Å². The van der Waals surface area contributed by atoms with Crippen LogP contribution in [0.25, 0.3) is 10.9 Å². The smallest absolute Gasteiger partial charge is 0.0684 e. The molecular weight excluding hydrogens is 196 g/mol. The Labute approximate surface area is 99.1 Å². The lowest BCUT2D eigenvalue weighted by molar-refractivity contribution is 1.11. The first-order valence-electron chi connectivity index (χ1n) is 6.10. The van der Waals surface area contributed by atoms with Crippen LogP contribution in [-0.2, 0) is 0 Å². The molecule has 0 amide bonds. The lowest BCUT2D eigenvalue weighted by Crippen LogP contribution is -1.85. The summed E-state index contributed by atoms with van der Waals surface area (Å²) >= 11 is 0. The van der Waals surface area contributed by atoms with E-state index in [1.807, 2.05) is 33.9 Å². The number of nitrogens with zero attached hydrogens (tertiary/aromatic N) is 1. The van der Waals surface area contributed by atoms with Gasteiger partial charge < -0.3 is 0 Å². The van der Waals surface area contributed by atoms with Crippen LogP contribution in [-0.4, -0.2) is 10.2 Å². The minimum Gasteiger partial charge on any atom is -0.278 e. The topological polar surface area (TPSA) is 28.7 Å². The number of benzene rings is 1. The van der Waals surface area contributed by atoms with Gasteiger partial charge in [0.05, 0.1) is 11.7 Å². The minimum atomic E-state index is 1.17. The van der Waals surface area contributed by atoms with Crippen LogP contribution >= 0.6 is 0 Å². The maximum atomic E-state index is 4.04. The summed E-state index contributed by atoms with van der Waals surface area (Å²) in [6.07, 6.45) is 1.89. The molecule has 90 valence electrons. The molecule has 1 heterocycles. The number of nitrogens with one attached hydrogen (secondary N) is 1. The van der Waals surface area contributed by atoms with Crippen molar-refractivity contribution in [3.8, 4) is 0 Å². The molecule has 0 bridgehead atoms. The quantitative estimate of drug-likeness (QED) is 0.693. The van der Waals surface area contributed by atoms with Crippen LogP contribution in [0.4, 0.5) is 0 Å². The lowest BCUT2D eigenvalue weighted by atomic mass is 10.0. The fraction of sp³-hybridized carbons (Fsp3) is 0.500. The van der Waals surface area contributed by atoms with Crippen molar-refractivity contribution >= 4 is 10.9 Å². The first kappa shape index (κ1) is 14.7. The van der Waals surface area contributed by atoms with Gasteiger partial charge in [0.1, 0.15) is 0 Å². The third kappa shape index (κ3) is 2.84. The Kier molecular flexibility index (Phi) is 6.47. The Bertz CT molecular complexity index is 427. The van der Waals surface area contributed by atoms with E-state index in [1.54, 1.807) is 0 Å². The van der Waals surface area contributed by atoms with Crippen molar-refractivity contribution < 1.29 is 0 Å². The number of H-pyrrole nitrogens is 1. The van der Waals surface area contributed by atoms with Crippen LogP contribution in [0.3, 0.4) is 0 Å². The van der Waals surface area contributed by atoms with Crippen LogP contribution < -0.4 is 0 Å². The van der Waals surface area contributed by atoms with Gasteiger partial charge in [0.2, 0.25) is 0 Å². The summed E-state index contributed by atoms with van der Waals surface area (Å²) < 4.78 is 0. The first-order chi connectivity index (χ1) is 7.70. The Morgan fingerprint density at radius 3 is 2.06 bits per heavy atom. The number of rotatable bonds is 0. The second kappa shape index (κ2) is 7.04. The summed E-state index contributed by atoms with van der Waals surface area (Å²) in [6, 6.07) is 2.20. The summed E-state index contributed by atoms with van der Waals surface area (Å²) in [5.74, 6) is 0. The van der Waals surface area contributed by atoms with E-state index >= 15 is 0 Å². The molecule has 1 aromatic heterocycles. The Balaban J connectivity index is 0.000000509. The van der Waals surface area contributed by atoms with Crippen molar-refractivity contribution in [2.45, 2.75) is 48.5 Å². The summed E-state index contributed by atoms with van der Waals surface area (Å²) in [5, 5.41) is 8.29. The van der Waals surface area contributed by atoms with Gasteiger partial charge in [-0.3, -0.25) is 5.10 Å². The van der Waals surface area contributed by atoms with E-state index in [0.717, 1.165) is 0 Å². The average Bonchev–Trinajstić information content (AvgIpc) is 2.81. The fourth-order valence-corrected chi connectivity index (χ4v) is 1.58. The van der Waals surface area contributed by atoms with E-state index in [9.17, 15) is 0 Å². The van der Waals surface area contributed by atoms with Gasteiger partial charge in [0.25, 0.3) is 0 Å². The standard InChI is InChI=1S/C10H12N2.2C2H6/c1-6-4-7(2)9-5-11-12-10(9)8(6)3;2*1-2/h4-5H,1-3H3,(H,11,12);2*1-2H3. The maximum Gasteiger partial charge on any atom is 0.0684 e. The Hall–Kier alpha value is -1.31. The SMILES string of the molecule is CC.CC.Cc1cc(C)c2cn[nH]c2c1C. The van der Waals surface area contributed by atoms with E-state index in [2.05, 4.69) is 37.0 Å². The number of aryl methyl sites for hydroxylation is 3. The summed E-state index contributed by atoms with van der Waals surface area (Å²) in [6.45, 7) is 14.4. The van der Waals surface area contributed by atoms with E-state index in [1.165, 1.54) is 27.6 Å². The number of aromatic amines is 1. The fourth-order valence-electron chi connectivity index (χ4n) is 1.58. The summed E-state index contributed by atoms with van der Waals surface area (Å²) in [7, 11) is 0. The van der Waals surface area contributed by atoms with Crippen molar-refractivity contribution in [2.24, 2.45) is 0 Å². The molecule has 0 saturated heterocycles. The number of fused-ring (bicyclic) bond motifs is 1. The maximum absolute atomic E-state index is 4.04. The summed E-state index contributed by atoms with van der Waals surface area (Å²) in [4.78, 5) is 0. The van der Waals surface area contributed by atoms with Gasteiger partial charge in [-0.15, -0.1) is 0 Å². The van der Waals surface area contributed by atoms with E-state index < -0.39 is 0 Å². The zero-order chi connectivity index (χ0) is 12.7. The highest BCUT2D eigenvalue weighted by atomic mass is 15.1. The van der Waals surface area contributed by atoms with Gasteiger partial charge in [-0.05, 0) is 37.5 Å². The normalized spacial score (nSPS) is 8.94. The van der Waals surface area contributed by atoms with Crippen LogP contribution in [0, 0.1) is 20.8 Å². The molecule has 0 aliphatic rings. The largest absolute Gasteiger partial charge is 0.278 e. The Morgan fingerprint density at radius 1 is 0.938 bits per heavy atom. The zero-order valence-corrected chi connectivity index (χ0v) is 11.6. The third-order valence-electron chi connectivity index (χ3n) is 2.46. The highest BCUT2D eigenvalue weighted by molar-refractivity contribution is 5.85. The molecule has 0 aliphatic heterocycles. The molecule has 0 radical (unpaired) electrons. The average molecular weight is 220 g/mol. The molecule has 0 fully saturated rings. The van der Waals surface area contributed by atoms with Crippen LogP contribution in [0.15, 0.2) is 12.3 Å². The van der Waals surface area contributed by atoms with Gasteiger partial charge in [-0.1, -0.05) is 33.8 Å². The predicted molar refractivity (Wildman–Crippen MR) is 73.0 cm³/mol. The molecule has 0 saturated carbocycles. The van der Waals surface area contributed by atoms with Gasteiger partial charge in [0, 0.05) is 5.39 Å². The molecule has 1 N–H and O–H groups in total. The van der Waals surface area contributed by atoms with Crippen molar-refractivity contribution in [3.63, 3.8) is 0 Å². The van der Waals surface area contributed by atoms with Crippen LogP contribution in [0.1, 0.15) is 44.4 Å². The molecule has 0 unspecified atom stereocenters. The Morgan fingerprint density at radius 2 is 1.50 bits per heavy atom. The number of hydrogen-bond acceptors (Lipinski definition) is 1. The van der Waals surface area contributed by atoms with Crippen molar-refractivity contribution in [1.29, 1.82) is 0 Å². The molecular formula is C14H24N2. The predicted octanol–water partition coefficient (Wildman–Crippen LogP) is 4.54. The molecule has 2 heteroatoms. The van der Waals surface area contributed by atoms with E-state index in [-0.39, 0.29) is 0 Å². The monoisotopic (exact) mass is 220 g/mol. The highest BCUT2D eigenvalue weighted by Crippen LogP contribution is 2.22. The molecule has 2 aromatic rings. The van der Waals surface area contributed by atoms with Gasteiger partial charge in [0.15, 0.2) is 0 Å². The minimum absolute atomic E-state index is 1.17. The molecule has 0 spiro atoms. The van der Waals surface area contributed by atoms with Crippen molar-refractivity contribution in [2.75, 3.05) is 0 Å². The van der Waals surface area contributed by atoms with Gasteiger partial charge in [-0.25, -0.2) is 0 Å². The zero-order valence-electron chi connectivity index (χ0n) is 11.6. The van der Waals surface area contributed by atoms with Crippen molar-refractivity contribution in [3.05, 3.63) is 29.0 Å². The van der Waals surface area contributed by atoms with Crippen molar-refractivity contribution in [1.82, 2.24) is 10.2 Å². The van der Waals surface area contributed by atoms with E-state index in [0.29, 0.717) is 0 Å². The van der Waals surface area contributed by atoms with Crippen LogP contribution in [0.5, 0.6) is 0 Å². The number of aromatic nitrogens is 2. The lowest BCUT2D eigenvalue weighted by Gasteiger charge is -2.03. The molecule has 0 atom stereocenters. The van der Waals surface area contributed by atoms with Crippen LogP contribution in [0.2, 0.25) is 0 Å². The molecule has 1 aromatic carbocycles. The molecule has 16 heavy (non-hydrogen) atoms. The third-order valence-corrected chi connectivity index (χ3v) is 2.46. The second-order valence-corrected chi connectivity index (χ2v) is 3.29. The summed E-state index contributed by atoms with van der Waals surface area (Å²) in [5.41, 5.74) is 5.09. The highest BCUT2D eigenvalue weighted by Gasteiger charge is 2.04. The molecule has 0 aliphatic carbocycles. The molecule has 2 nitrogen and oxygen atoms in total. The van der Waals surface area contributed by atoms with Gasteiger partial charge >= 0.3 is 0 Å². The number of hydrogen-bond donors (Lipinski definition) is 1. The second-order valence-electron chi connectivity index (χ2n) is 3.29.